The van der Waals surface area contributed by atoms with Crippen LogP contribution in [0.5, 0.6) is 0 Å². The first kappa shape index (κ1) is 13.4. The van der Waals surface area contributed by atoms with E-state index in [0.717, 1.165) is 38.3 Å². The lowest BCUT2D eigenvalue weighted by atomic mass is 9.92. The van der Waals surface area contributed by atoms with Crippen molar-refractivity contribution in [1.29, 1.82) is 0 Å². The van der Waals surface area contributed by atoms with Crippen LogP contribution < -0.4 is 9.80 Å². The molecular weight excluding hydrogens is 283 g/mol. The number of halogens is 1. The number of rotatable bonds is 2. The Kier molecular flexibility index (Phi) is 3.32. The fraction of sp³-hybridized carbons (Fsp3) is 0.467. The predicted molar refractivity (Wildman–Crippen MR) is 80.1 cm³/mol. The summed E-state index contributed by atoms with van der Waals surface area (Å²) >= 11 is 0. The Morgan fingerprint density at radius 1 is 1.05 bits per heavy atom. The van der Waals surface area contributed by atoms with Crippen LogP contribution in [0.2, 0.25) is 0 Å². The number of piperidine rings is 1. The molecule has 0 aromatic carbocycles. The summed E-state index contributed by atoms with van der Waals surface area (Å²) in [4.78, 5) is 20.7. The quantitative estimate of drug-likeness (QED) is 0.838. The third kappa shape index (κ3) is 2.26. The molecule has 2 aromatic rings. The molecule has 4 rings (SSSR count). The summed E-state index contributed by atoms with van der Waals surface area (Å²) in [5.41, 5.74) is 0. The van der Waals surface area contributed by atoms with Gasteiger partial charge in [-0.3, -0.25) is 4.98 Å². The fourth-order valence-corrected chi connectivity index (χ4v) is 3.58. The molecule has 4 heterocycles. The van der Waals surface area contributed by atoms with Gasteiger partial charge in [-0.25, -0.2) is 19.3 Å². The van der Waals surface area contributed by atoms with Gasteiger partial charge in [0, 0.05) is 32.0 Å². The molecule has 0 amide bonds. The number of hydrogen-bond donors (Lipinski definition) is 0. The van der Waals surface area contributed by atoms with Crippen LogP contribution in [0, 0.1) is 11.7 Å². The van der Waals surface area contributed by atoms with Gasteiger partial charge in [0.1, 0.15) is 12.1 Å². The van der Waals surface area contributed by atoms with Gasteiger partial charge in [-0.1, -0.05) is 0 Å². The van der Waals surface area contributed by atoms with Gasteiger partial charge in [-0.15, -0.1) is 0 Å². The first-order valence-electron chi connectivity index (χ1n) is 7.56. The molecule has 0 spiro atoms. The summed E-state index contributed by atoms with van der Waals surface area (Å²) in [6, 6.07) is 0.264. The lowest BCUT2D eigenvalue weighted by molar-refractivity contribution is 0.387. The van der Waals surface area contributed by atoms with Crippen molar-refractivity contribution >= 4 is 11.6 Å². The average Bonchev–Trinajstić information content (AvgIpc) is 2.99. The van der Waals surface area contributed by atoms with Crippen molar-refractivity contribution in [3.63, 3.8) is 0 Å². The zero-order chi connectivity index (χ0) is 14.9. The number of nitrogens with zero attached hydrogens (tertiary/aromatic N) is 6. The van der Waals surface area contributed by atoms with Crippen LogP contribution in [0.3, 0.4) is 0 Å². The molecule has 22 heavy (non-hydrogen) atoms. The van der Waals surface area contributed by atoms with Crippen LogP contribution in [-0.4, -0.2) is 45.6 Å². The zero-order valence-electron chi connectivity index (χ0n) is 12.1. The van der Waals surface area contributed by atoms with Gasteiger partial charge in [0.2, 0.25) is 0 Å². The normalized spacial score (nSPS) is 24.4. The summed E-state index contributed by atoms with van der Waals surface area (Å²) in [7, 11) is 0. The molecule has 2 fully saturated rings. The van der Waals surface area contributed by atoms with E-state index in [9.17, 15) is 4.39 Å². The number of hydrogen-bond acceptors (Lipinski definition) is 6. The second-order valence-electron chi connectivity index (χ2n) is 5.80. The molecule has 0 N–H and O–H groups in total. The van der Waals surface area contributed by atoms with Gasteiger partial charge in [-0.05, 0) is 18.8 Å². The van der Waals surface area contributed by atoms with Crippen LogP contribution >= 0.6 is 0 Å². The fourth-order valence-electron chi connectivity index (χ4n) is 3.58. The molecule has 7 heteroatoms. The standard InChI is InChI=1S/C15H17FN6/c16-12-7-18-10-20-15(12)22-6-2-11-1-5-21(9-13(11)22)14-8-17-3-4-19-14/h3-4,7-8,10-11,13H,1-2,5-6,9H2. The minimum atomic E-state index is -0.347. The van der Waals surface area contributed by atoms with Gasteiger partial charge >= 0.3 is 0 Å². The maximum Gasteiger partial charge on any atom is 0.183 e. The van der Waals surface area contributed by atoms with Crippen LogP contribution in [0.4, 0.5) is 16.0 Å². The first-order chi connectivity index (χ1) is 10.8. The lowest BCUT2D eigenvalue weighted by Gasteiger charge is -2.39. The third-order valence-corrected chi connectivity index (χ3v) is 4.66. The van der Waals surface area contributed by atoms with E-state index in [2.05, 4.69) is 29.7 Å². The Balaban J connectivity index is 1.59. The Labute approximate surface area is 128 Å². The van der Waals surface area contributed by atoms with Gasteiger partial charge in [0.05, 0.1) is 18.4 Å². The summed E-state index contributed by atoms with van der Waals surface area (Å²) in [5, 5.41) is 0. The van der Waals surface area contributed by atoms with E-state index >= 15 is 0 Å². The minimum Gasteiger partial charge on any atom is -0.353 e. The maximum absolute atomic E-state index is 14.0. The van der Waals surface area contributed by atoms with E-state index in [1.165, 1.54) is 12.5 Å². The highest BCUT2D eigenvalue weighted by molar-refractivity contribution is 5.45. The van der Waals surface area contributed by atoms with Crippen LogP contribution in [0.25, 0.3) is 0 Å². The number of anilines is 2. The van der Waals surface area contributed by atoms with Gasteiger partial charge in [-0.2, -0.15) is 0 Å². The average molecular weight is 300 g/mol. The Bertz CT molecular complexity index is 651. The highest BCUT2D eigenvalue weighted by Gasteiger charge is 2.40. The summed E-state index contributed by atoms with van der Waals surface area (Å²) in [6.45, 7) is 2.64. The number of aromatic nitrogens is 4. The molecule has 0 bridgehead atoms. The highest BCUT2D eigenvalue weighted by Crippen LogP contribution is 2.35. The highest BCUT2D eigenvalue weighted by atomic mass is 19.1. The van der Waals surface area contributed by atoms with Gasteiger partial charge in [0.15, 0.2) is 11.6 Å². The molecule has 2 aliphatic rings. The maximum atomic E-state index is 14.0. The second kappa shape index (κ2) is 5.47. The molecule has 6 nitrogen and oxygen atoms in total. The third-order valence-electron chi connectivity index (χ3n) is 4.66. The summed E-state index contributed by atoms with van der Waals surface area (Å²) < 4.78 is 14.0. The molecule has 114 valence electrons. The van der Waals surface area contributed by atoms with Crippen molar-refractivity contribution in [2.75, 3.05) is 29.4 Å². The van der Waals surface area contributed by atoms with Crippen LogP contribution in [0.1, 0.15) is 12.8 Å². The van der Waals surface area contributed by atoms with E-state index in [0.29, 0.717) is 11.7 Å². The zero-order valence-corrected chi connectivity index (χ0v) is 12.1. The van der Waals surface area contributed by atoms with Crippen molar-refractivity contribution in [1.82, 2.24) is 19.9 Å². The Morgan fingerprint density at radius 3 is 2.77 bits per heavy atom. The molecule has 2 aliphatic heterocycles. The molecule has 2 unspecified atom stereocenters. The van der Waals surface area contributed by atoms with E-state index < -0.39 is 0 Å². The predicted octanol–water partition coefficient (Wildman–Crippen LogP) is 1.51. The molecule has 0 aliphatic carbocycles. The largest absolute Gasteiger partial charge is 0.353 e. The van der Waals surface area contributed by atoms with Crippen molar-refractivity contribution in [3.8, 4) is 0 Å². The molecule has 0 radical (unpaired) electrons. The summed E-state index contributed by atoms with van der Waals surface area (Å²) in [6.07, 6.45) is 9.98. The van der Waals surface area contributed by atoms with Crippen LogP contribution in [0.15, 0.2) is 31.1 Å². The monoisotopic (exact) mass is 300 g/mol. The van der Waals surface area contributed by atoms with Crippen LogP contribution in [-0.2, 0) is 0 Å². The van der Waals surface area contributed by atoms with Gasteiger partial charge < -0.3 is 9.80 Å². The molecule has 2 saturated heterocycles. The van der Waals surface area contributed by atoms with Crippen molar-refractivity contribution in [3.05, 3.63) is 36.9 Å². The van der Waals surface area contributed by atoms with E-state index in [4.69, 9.17) is 0 Å². The number of fused-ring (bicyclic) bond motifs is 1. The topological polar surface area (TPSA) is 58.0 Å². The van der Waals surface area contributed by atoms with Crippen molar-refractivity contribution in [2.45, 2.75) is 18.9 Å². The Hall–Kier alpha value is -2.31. The van der Waals surface area contributed by atoms with E-state index in [1.807, 2.05) is 0 Å². The minimum absolute atomic E-state index is 0.264. The summed E-state index contributed by atoms with van der Waals surface area (Å²) in [5.74, 6) is 1.54. The Morgan fingerprint density at radius 2 is 1.95 bits per heavy atom. The van der Waals surface area contributed by atoms with Crippen molar-refractivity contribution in [2.24, 2.45) is 5.92 Å². The van der Waals surface area contributed by atoms with Crippen molar-refractivity contribution < 1.29 is 4.39 Å². The SMILES string of the molecule is Fc1cncnc1N1CCC2CCN(c3cnccn3)CC21. The van der Waals surface area contributed by atoms with E-state index in [1.54, 1.807) is 18.6 Å². The van der Waals surface area contributed by atoms with Gasteiger partial charge in [0.25, 0.3) is 0 Å². The molecule has 0 saturated carbocycles. The molecule has 2 atom stereocenters. The smallest absolute Gasteiger partial charge is 0.183 e. The lowest BCUT2D eigenvalue weighted by Crippen LogP contribution is -2.49. The second-order valence-corrected chi connectivity index (χ2v) is 5.80. The molecular formula is C15H17FN6. The molecule has 2 aromatic heterocycles. The van der Waals surface area contributed by atoms with E-state index in [-0.39, 0.29) is 11.9 Å². The first-order valence-corrected chi connectivity index (χ1v) is 7.56.